The van der Waals surface area contributed by atoms with Crippen molar-refractivity contribution in [2.45, 2.75) is 26.1 Å². The van der Waals surface area contributed by atoms with E-state index >= 15 is 0 Å². The maximum atomic E-state index is 13.0. The highest BCUT2D eigenvalue weighted by Crippen LogP contribution is 2.31. The Labute approximate surface area is 150 Å². The van der Waals surface area contributed by atoms with Crippen molar-refractivity contribution in [3.63, 3.8) is 0 Å². The summed E-state index contributed by atoms with van der Waals surface area (Å²) in [7, 11) is 0. The molecule has 0 saturated heterocycles. The number of ketones is 2. The molecule has 0 unspecified atom stereocenters. The van der Waals surface area contributed by atoms with E-state index in [0.717, 1.165) is 18.5 Å². The second-order valence-electron chi connectivity index (χ2n) is 5.81. The molecule has 0 saturated carbocycles. The minimum absolute atomic E-state index is 0.000401. The van der Waals surface area contributed by atoms with Crippen LogP contribution in [-0.4, -0.2) is 31.5 Å². The lowest BCUT2D eigenvalue weighted by Gasteiger charge is -2.11. The van der Waals surface area contributed by atoms with Crippen molar-refractivity contribution < 1.29 is 27.3 Å². The van der Waals surface area contributed by atoms with Crippen molar-refractivity contribution in [1.82, 2.24) is 19.9 Å². The maximum absolute atomic E-state index is 13.0. The van der Waals surface area contributed by atoms with Crippen LogP contribution in [0.1, 0.15) is 44.7 Å². The van der Waals surface area contributed by atoms with Gasteiger partial charge in [-0.2, -0.15) is 18.3 Å². The van der Waals surface area contributed by atoms with Crippen molar-refractivity contribution in [2.24, 2.45) is 0 Å². The molecule has 0 aliphatic carbocycles. The molecule has 0 spiro atoms. The number of carbonyl (C=O) groups is 2. The van der Waals surface area contributed by atoms with Crippen LogP contribution in [0, 0.1) is 0 Å². The van der Waals surface area contributed by atoms with E-state index in [1.165, 1.54) is 30.1 Å². The number of aromatic nitrogens is 4. The Morgan fingerprint density at radius 1 is 1.26 bits per heavy atom. The number of nitrogens with zero attached hydrogens (tertiary/aromatic N) is 4. The van der Waals surface area contributed by atoms with Crippen LogP contribution in [0.2, 0.25) is 0 Å². The van der Waals surface area contributed by atoms with E-state index in [1.807, 2.05) is 0 Å². The van der Waals surface area contributed by atoms with E-state index in [-0.39, 0.29) is 35.8 Å². The van der Waals surface area contributed by atoms with Crippen LogP contribution in [0.25, 0.3) is 0 Å². The summed E-state index contributed by atoms with van der Waals surface area (Å²) in [5, 5.41) is 7.53. The zero-order chi connectivity index (χ0) is 19.6. The van der Waals surface area contributed by atoms with Gasteiger partial charge in [-0.05, 0) is 11.6 Å². The van der Waals surface area contributed by atoms with Gasteiger partial charge >= 0.3 is 6.18 Å². The van der Waals surface area contributed by atoms with Crippen molar-refractivity contribution in [3.05, 3.63) is 65.1 Å². The molecule has 0 N–H and O–H groups in total. The molecule has 10 heteroatoms. The molecule has 3 aromatic rings. The number of Topliss-reactive ketones (excluding diaryl/α,β-unsaturated/α-hetero) is 2. The van der Waals surface area contributed by atoms with Gasteiger partial charge in [-0.25, -0.2) is 0 Å². The molecule has 140 valence electrons. The van der Waals surface area contributed by atoms with Gasteiger partial charge in [0.2, 0.25) is 5.76 Å². The quantitative estimate of drug-likeness (QED) is 0.613. The van der Waals surface area contributed by atoms with E-state index in [2.05, 4.69) is 15.2 Å². The first kappa shape index (κ1) is 18.5. The highest BCUT2D eigenvalue weighted by molar-refractivity contribution is 5.98. The maximum Gasteiger partial charge on any atom is 0.416 e. The van der Waals surface area contributed by atoms with Gasteiger partial charge in [0, 0.05) is 43.6 Å². The Kier molecular flexibility index (Phi) is 4.89. The minimum atomic E-state index is -4.49. The molecule has 0 aliphatic rings. The number of alkyl halides is 3. The van der Waals surface area contributed by atoms with Crippen LogP contribution < -0.4 is 0 Å². The van der Waals surface area contributed by atoms with E-state index in [1.54, 1.807) is 0 Å². The van der Waals surface area contributed by atoms with Crippen LogP contribution in [0.15, 0.2) is 41.4 Å². The zero-order valence-corrected chi connectivity index (χ0v) is 14.0. The number of carbonyl (C=O) groups excluding carboxylic acids is 2. The molecule has 27 heavy (non-hydrogen) atoms. The first-order valence-corrected chi connectivity index (χ1v) is 7.76. The SMILES string of the molecule is CC(=O)c1cc(C(=O)Cc2cnn(Cc3cnccc3C(F)(F)F)c2)no1. The molecule has 0 aliphatic heterocycles. The van der Waals surface area contributed by atoms with E-state index in [0.29, 0.717) is 5.56 Å². The molecule has 0 fully saturated rings. The highest BCUT2D eigenvalue weighted by atomic mass is 19.4. The number of hydrogen-bond donors (Lipinski definition) is 0. The van der Waals surface area contributed by atoms with Crippen LogP contribution in [-0.2, 0) is 19.1 Å². The van der Waals surface area contributed by atoms with Crippen LogP contribution in [0.3, 0.4) is 0 Å². The van der Waals surface area contributed by atoms with Gasteiger partial charge in [0.25, 0.3) is 0 Å². The number of pyridine rings is 1. The molecule has 3 aromatic heterocycles. The fourth-order valence-electron chi connectivity index (χ4n) is 2.44. The molecule has 0 bridgehead atoms. The summed E-state index contributed by atoms with van der Waals surface area (Å²) in [6, 6.07) is 2.15. The predicted octanol–water partition coefficient (Wildman–Crippen LogP) is 2.96. The summed E-state index contributed by atoms with van der Waals surface area (Å²) >= 11 is 0. The Morgan fingerprint density at radius 2 is 2.04 bits per heavy atom. The number of halogens is 3. The summed E-state index contributed by atoms with van der Waals surface area (Å²) < 4.78 is 45.1. The van der Waals surface area contributed by atoms with Crippen molar-refractivity contribution in [2.75, 3.05) is 0 Å². The van der Waals surface area contributed by atoms with Gasteiger partial charge < -0.3 is 4.52 Å². The fourth-order valence-corrected chi connectivity index (χ4v) is 2.44. The largest absolute Gasteiger partial charge is 0.416 e. The van der Waals surface area contributed by atoms with Crippen LogP contribution in [0.5, 0.6) is 0 Å². The van der Waals surface area contributed by atoms with Crippen molar-refractivity contribution in [1.29, 1.82) is 0 Å². The lowest BCUT2D eigenvalue weighted by molar-refractivity contribution is -0.138. The second-order valence-corrected chi connectivity index (χ2v) is 5.81. The summed E-state index contributed by atoms with van der Waals surface area (Å²) in [5.41, 5.74) is -0.331. The summed E-state index contributed by atoms with van der Waals surface area (Å²) in [4.78, 5) is 27.1. The lowest BCUT2D eigenvalue weighted by Crippen LogP contribution is -2.12. The third-order valence-corrected chi connectivity index (χ3v) is 3.74. The summed E-state index contributed by atoms with van der Waals surface area (Å²) in [5.74, 6) is -0.778. The summed E-state index contributed by atoms with van der Waals surface area (Å²) in [6.07, 6.45) is 0.486. The molecule has 7 nitrogen and oxygen atoms in total. The second kappa shape index (κ2) is 7.14. The Hall–Kier alpha value is -3.30. The first-order chi connectivity index (χ1) is 12.7. The van der Waals surface area contributed by atoms with E-state index in [4.69, 9.17) is 4.52 Å². The zero-order valence-electron chi connectivity index (χ0n) is 14.0. The third-order valence-electron chi connectivity index (χ3n) is 3.74. The third kappa shape index (κ3) is 4.27. The Balaban J connectivity index is 1.72. The highest BCUT2D eigenvalue weighted by Gasteiger charge is 2.33. The summed E-state index contributed by atoms with van der Waals surface area (Å²) in [6.45, 7) is 1.14. The van der Waals surface area contributed by atoms with Gasteiger partial charge in [0.15, 0.2) is 17.3 Å². The Bertz CT molecular complexity index is 991. The molecule has 0 radical (unpaired) electrons. The standard InChI is InChI=1S/C17H13F3N4O3/c1-10(25)16-5-14(23-27-16)15(26)4-11-6-22-24(8-11)9-12-7-21-3-2-13(12)17(18,19)20/h2-3,5-8H,4,9H2,1H3. The van der Waals surface area contributed by atoms with E-state index < -0.39 is 17.5 Å². The van der Waals surface area contributed by atoms with Crippen molar-refractivity contribution in [3.8, 4) is 0 Å². The minimum Gasteiger partial charge on any atom is -0.352 e. The molecule has 0 atom stereocenters. The monoisotopic (exact) mass is 378 g/mol. The average molecular weight is 378 g/mol. The molecule has 0 amide bonds. The first-order valence-electron chi connectivity index (χ1n) is 7.76. The van der Waals surface area contributed by atoms with Gasteiger partial charge in [0.05, 0.1) is 18.3 Å². The average Bonchev–Trinajstić information content (AvgIpc) is 3.24. The van der Waals surface area contributed by atoms with Gasteiger partial charge in [-0.3, -0.25) is 19.3 Å². The topological polar surface area (TPSA) is 90.9 Å². The number of rotatable bonds is 6. The molecular weight excluding hydrogens is 365 g/mol. The Morgan fingerprint density at radius 3 is 2.70 bits per heavy atom. The van der Waals surface area contributed by atoms with Gasteiger partial charge in [-0.1, -0.05) is 5.16 Å². The number of hydrogen-bond acceptors (Lipinski definition) is 6. The van der Waals surface area contributed by atoms with Crippen LogP contribution in [0.4, 0.5) is 13.2 Å². The molecule has 3 rings (SSSR count). The fraction of sp³-hybridized carbons (Fsp3) is 0.235. The van der Waals surface area contributed by atoms with Gasteiger partial charge in [0.1, 0.15) is 0 Å². The van der Waals surface area contributed by atoms with Gasteiger partial charge in [-0.15, -0.1) is 0 Å². The van der Waals surface area contributed by atoms with Crippen LogP contribution >= 0.6 is 0 Å². The normalized spacial score (nSPS) is 11.6. The molecular formula is C17H13F3N4O3. The smallest absolute Gasteiger partial charge is 0.352 e. The predicted molar refractivity (Wildman–Crippen MR) is 85.1 cm³/mol. The lowest BCUT2D eigenvalue weighted by atomic mass is 10.1. The molecule has 0 aromatic carbocycles. The van der Waals surface area contributed by atoms with E-state index in [9.17, 15) is 22.8 Å². The molecule has 3 heterocycles. The van der Waals surface area contributed by atoms with Crippen molar-refractivity contribution >= 4 is 11.6 Å².